The molecule has 0 amide bonds. The Hall–Kier alpha value is -2.34. The maximum Gasteiger partial charge on any atom is 0.170 e. The maximum absolute atomic E-state index is 11.8. The molecule has 0 aromatic heterocycles. The Balaban J connectivity index is 0.000000379. The van der Waals surface area contributed by atoms with Crippen LogP contribution in [-0.4, -0.2) is 46.2 Å². The highest BCUT2D eigenvalue weighted by atomic mass is 16.3. The molecule has 5 nitrogen and oxygen atoms in total. The van der Waals surface area contributed by atoms with E-state index in [-0.39, 0.29) is 31.2 Å². The highest BCUT2D eigenvalue weighted by Crippen LogP contribution is 2.08. The minimum absolute atomic E-state index is 0.0754. The molecule has 0 atom stereocenters. The van der Waals surface area contributed by atoms with E-state index in [0.717, 1.165) is 0 Å². The summed E-state index contributed by atoms with van der Waals surface area (Å²) in [6.45, 7) is -0.729. The molecule has 0 radical (unpaired) electrons. The molecule has 0 saturated heterocycles. The Morgan fingerprint density at radius 1 is 0.739 bits per heavy atom. The third-order valence-electron chi connectivity index (χ3n) is 2.93. The molecule has 23 heavy (non-hydrogen) atoms. The van der Waals surface area contributed by atoms with Crippen LogP contribution in [0.3, 0.4) is 0 Å². The Kier molecular flexibility index (Phi) is 8.46. The average molecular weight is 316 g/mol. The van der Waals surface area contributed by atoms with Crippen LogP contribution in [-0.2, 0) is 0 Å². The van der Waals surface area contributed by atoms with E-state index in [4.69, 9.17) is 15.3 Å². The Morgan fingerprint density at radius 3 is 1.35 bits per heavy atom. The van der Waals surface area contributed by atoms with Crippen LogP contribution in [0.25, 0.3) is 0 Å². The summed E-state index contributed by atoms with van der Waals surface area (Å²) in [5, 5.41) is 24.0. The minimum atomic E-state index is -0.954. The highest BCUT2D eigenvalue weighted by molar-refractivity contribution is 6.13. The van der Waals surface area contributed by atoms with Crippen molar-refractivity contribution in [3.05, 3.63) is 71.8 Å². The quantitative estimate of drug-likeness (QED) is 0.554. The van der Waals surface area contributed by atoms with Gasteiger partial charge in [0.15, 0.2) is 11.6 Å². The molecule has 3 N–H and O–H groups in total. The van der Waals surface area contributed by atoms with Crippen LogP contribution in [0, 0.1) is 0 Å². The predicted octanol–water partition coefficient (Wildman–Crippen LogP) is 1.47. The lowest BCUT2D eigenvalue weighted by molar-refractivity contribution is 0.0450. The van der Waals surface area contributed by atoms with E-state index < -0.39 is 6.10 Å². The van der Waals surface area contributed by atoms with Gasteiger partial charge in [-0.15, -0.1) is 0 Å². The van der Waals surface area contributed by atoms with E-state index in [1.807, 2.05) is 12.1 Å². The van der Waals surface area contributed by atoms with Gasteiger partial charge in [-0.2, -0.15) is 0 Å². The first-order valence-corrected chi connectivity index (χ1v) is 7.14. The highest BCUT2D eigenvalue weighted by Gasteiger charge is 2.12. The zero-order valence-electron chi connectivity index (χ0n) is 12.6. The van der Waals surface area contributed by atoms with Gasteiger partial charge in [0.05, 0.1) is 19.6 Å². The van der Waals surface area contributed by atoms with Crippen molar-refractivity contribution in [2.45, 2.75) is 12.5 Å². The van der Waals surface area contributed by atoms with E-state index in [1.165, 1.54) is 0 Å². The van der Waals surface area contributed by atoms with Crippen LogP contribution >= 0.6 is 0 Å². The lowest BCUT2D eigenvalue weighted by atomic mass is 10.0. The first-order chi connectivity index (χ1) is 11.1. The van der Waals surface area contributed by atoms with Crippen LogP contribution in [0.1, 0.15) is 27.1 Å². The van der Waals surface area contributed by atoms with E-state index in [2.05, 4.69) is 0 Å². The van der Waals surface area contributed by atoms with Crippen LogP contribution in [0.5, 0.6) is 0 Å². The summed E-state index contributed by atoms with van der Waals surface area (Å²) in [5.74, 6) is -0.279. The summed E-state index contributed by atoms with van der Waals surface area (Å²) < 4.78 is 0. The number of hydrogen-bond donors (Lipinski definition) is 3. The molecule has 122 valence electrons. The van der Waals surface area contributed by atoms with Gasteiger partial charge < -0.3 is 15.3 Å². The Morgan fingerprint density at radius 2 is 1.09 bits per heavy atom. The predicted molar refractivity (Wildman–Crippen MR) is 86.3 cm³/mol. The number of aliphatic hydroxyl groups excluding tert-OH is 3. The molecular weight excluding hydrogens is 296 g/mol. The molecule has 2 rings (SSSR count). The number of rotatable bonds is 6. The molecule has 2 aromatic rings. The zero-order valence-corrected chi connectivity index (χ0v) is 12.6. The Labute approximate surface area is 134 Å². The van der Waals surface area contributed by atoms with Gasteiger partial charge in [0, 0.05) is 11.1 Å². The molecule has 5 heteroatoms. The molecule has 0 fully saturated rings. The first-order valence-electron chi connectivity index (χ1n) is 7.14. The maximum atomic E-state index is 11.8. The number of aliphatic hydroxyl groups is 3. The van der Waals surface area contributed by atoms with E-state index in [9.17, 15) is 9.59 Å². The third-order valence-corrected chi connectivity index (χ3v) is 2.93. The van der Waals surface area contributed by atoms with Gasteiger partial charge in [-0.05, 0) is 0 Å². The second-order valence-electron chi connectivity index (χ2n) is 4.77. The molecule has 0 unspecified atom stereocenters. The summed E-state index contributed by atoms with van der Waals surface area (Å²) in [6, 6.07) is 17.7. The normalized spacial score (nSPS) is 9.91. The molecule has 0 spiro atoms. The zero-order chi connectivity index (χ0) is 17.1. The number of Topliss-reactive ketones (excluding diaryl/α,β-unsaturated/α-hetero) is 2. The van der Waals surface area contributed by atoms with Crippen molar-refractivity contribution in [3.8, 4) is 0 Å². The average Bonchev–Trinajstić information content (AvgIpc) is 2.63. The van der Waals surface area contributed by atoms with Crippen LogP contribution in [0.2, 0.25) is 0 Å². The Bertz CT molecular complexity index is 542. The SMILES string of the molecule is O=C(CC(=O)c1ccccc1)c1ccccc1.OCC(O)CO. The third kappa shape index (κ3) is 6.97. The largest absolute Gasteiger partial charge is 0.394 e. The van der Waals surface area contributed by atoms with Gasteiger partial charge in [-0.1, -0.05) is 60.7 Å². The topological polar surface area (TPSA) is 94.8 Å². The molecular formula is C18H20O5. The number of carbonyl (C=O) groups is 2. The summed E-state index contributed by atoms with van der Waals surface area (Å²) in [6.07, 6.45) is -1.03. The molecule has 0 bridgehead atoms. The van der Waals surface area contributed by atoms with Crippen LogP contribution < -0.4 is 0 Å². The number of ketones is 2. The lowest BCUT2D eigenvalue weighted by Crippen LogP contribution is -2.15. The summed E-state index contributed by atoms with van der Waals surface area (Å²) in [5.41, 5.74) is 1.16. The van der Waals surface area contributed by atoms with Crippen LogP contribution in [0.15, 0.2) is 60.7 Å². The fourth-order valence-electron chi connectivity index (χ4n) is 1.66. The van der Waals surface area contributed by atoms with Crippen molar-refractivity contribution < 1.29 is 24.9 Å². The van der Waals surface area contributed by atoms with Crippen molar-refractivity contribution in [2.75, 3.05) is 13.2 Å². The van der Waals surface area contributed by atoms with E-state index in [1.54, 1.807) is 48.5 Å². The van der Waals surface area contributed by atoms with E-state index in [0.29, 0.717) is 11.1 Å². The molecule has 0 aliphatic heterocycles. The fourth-order valence-corrected chi connectivity index (χ4v) is 1.66. The van der Waals surface area contributed by atoms with Crippen molar-refractivity contribution in [1.29, 1.82) is 0 Å². The summed E-state index contributed by atoms with van der Waals surface area (Å²) in [7, 11) is 0. The molecule has 0 heterocycles. The number of hydrogen-bond acceptors (Lipinski definition) is 5. The van der Waals surface area contributed by atoms with Gasteiger partial charge in [-0.3, -0.25) is 9.59 Å². The van der Waals surface area contributed by atoms with Crippen molar-refractivity contribution in [2.24, 2.45) is 0 Å². The first kappa shape index (κ1) is 18.7. The van der Waals surface area contributed by atoms with Crippen molar-refractivity contribution in [3.63, 3.8) is 0 Å². The minimum Gasteiger partial charge on any atom is -0.394 e. The number of carbonyl (C=O) groups excluding carboxylic acids is 2. The molecule has 0 saturated carbocycles. The second-order valence-corrected chi connectivity index (χ2v) is 4.77. The standard InChI is InChI=1S/C15H12O2.C3H8O3/c16-14(12-7-3-1-4-8-12)11-15(17)13-9-5-2-6-10-13;4-1-3(6)2-5/h1-10H,11H2;3-6H,1-2H2. The van der Waals surface area contributed by atoms with Gasteiger partial charge in [0.25, 0.3) is 0 Å². The second kappa shape index (κ2) is 10.4. The van der Waals surface area contributed by atoms with Gasteiger partial charge in [0.2, 0.25) is 0 Å². The van der Waals surface area contributed by atoms with E-state index >= 15 is 0 Å². The monoisotopic (exact) mass is 316 g/mol. The van der Waals surface area contributed by atoms with Gasteiger partial charge in [-0.25, -0.2) is 0 Å². The summed E-state index contributed by atoms with van der Waals surface area (Å²) in [4.78, 5) is 23.6. The summed E-state index contributed by atoms with van der Waals surface area (Å²) >= 11 is 0. The smallest absolute Gasteiger partial charge is 0.170 e. The molecule has 0 aliphatic rings. The molecule has 0 aliphatic carbocycles. The van der Waals surface area contributed by atoms with Crippen LogP contribution in [0.4, 0.5) is 0 Å². The van der Waals surface area contributed by atoms with Crippen molar-refractivity contribution >= 4 is 11.6 Å². The van der Waals surface area contributed by atoms with Gasteiger partial charge >= 0.3 is 0 Å². The van der Waals surface area contributed by atoms with Gasteiger partial charge in [0.1, 0.15) is 6.10 Å². The fraction of sp³-hybridized carbons (Fsp3) is 0.222. The molecule has 2 aromatic carbocycles. The number of benzene rings is 2. The van der Waals surface area contributed by atoms with Crippen molar-refractivity contribution in [1.82, 2.24) is 0 Å². The lowest BCUT2D eigenvalue weighted by Gasteiger charge is -2.00.